The third kappa shape index (κ3) is 5.00. The molecule has 0 spiro atoms. The van der Waals surface area contributed by atoms with Gasteiger partial charge >= 0.3 is 12.1 Å². The van der Waals surface area contributed by atoms with Gasteiger partial charge in [-0.05, 0) is 41.5 Å². The zero-order chi connectivity index (χ0) is 15.7. The molecule has 1 heterocycles. The van der Waals surface area contributed by atoms with Crippen LogP contribution in [0.4, 0.5) is 4.79 Å². The molecule has 6 heteroatoms. The SMILES string of the molecule is CC(C)(C)OC(=O)[C@H]1CN(C(=O)OC(C)(C)C)C[C@H]1N. The zero-order valence-corrected chi connectivity index (χ0v) is 13.2. The van der Waals surface area contributed by atoms with Crippen LogP contribution in [-0.2, 0) is 14.3 Å². The number of ether oxygens (including phenoxy) is 2. The molecule has 0 radical (unpaired) electrons. The number of carbonyl (C=O) groups excluding carboxylic acids is 2. The van der Waals surface area contributed by atoms with E-state index in [1.54, 1.807) is 41.5 Å². The summed E-state index contributed by atoms with van der Waals surface area (Å²) in [6.07, 6.45) is -0.445. The molecule has 6 nitrogen and oxygen atoms in total. The maximum atomic E-state index is 12.0. The van der Waals surface area contributed by atoms with Crippen LogP contribution in [-0.4, -0.2) is 47.3 Å². The minimum absolute atomic E-state index is 0.241. The molecule has 0 saturated carbocycles. The van der Waals surface area contributed by atoms with Gasteiger partial charge in [-0.3, -0.25) is 4.79 Å². The van der Waals surface area contributed by atoms with Gasteiger partial charge in [0.1, 0.15) is 11.2 Å². The van der Waals surface area contributed by atoms with Crippen molar-refractivity contribution in [2.75, 3.05) is 13.1 Å². The monoisotopic (exact) mass is 286 g/mol. The first-order chi connectivity index (χ1) is 8.89. The van der Waals surface area contributed by atoms with Crippen molar-refractivity contribution in [1.82, 2.24) is 4.90 Å². The number of nitrogens with two attached hydrogens (primary N) is 1. The number of rotatable bonds is 1. The Bertz CT molecular complexity index is 382. The Hall–Kier alpha value is -1.30. The molecule has 1 saturated heterocycles. The van der Waals surface area contributed by atoms with Gasteiger partial charge in [0.05, 0.1) is 5.92 Å². The summed E-state index contributed by atoms with van der Waals surface area (Å²) in [7, 11) is 0. The van der Waals surface area contributed by atoms with E-state index in [0.717, 1.165) is 0 Å². The highest BCUT2D eigenvalue weighted by atomic mass is 16.6. The molecule has 1 fully saturated rings. The molecular weight excluding hydrogens is 260 g/mol. The molecular formula is C14H26N2O4. The van der Waals surface area contributed by atoms with Crippen LogP contribution in [0.3, 0.4) is 0 Å². The maximum Gasteiger partial charge on any atom is 0.410 e. The number of nitrogens with zero attached hydrogens (tertiary/aromatic N) is 1. The standard InChI is InChI=1S/C14H26N2O4/c1-13(2,3)19-11(17)9-7-16(8-10(9)15)12(18)20-14(4,5)6/h9-10H,7-8,15H2,1-6H3/t9-,10+/m0/s1. The van der Waals surface area contributed by atoms with Crippen LogP contribution in [0.15, 0.2) is 0 Å². The van der Waals surface area contributed by atoms with E-state index in [2.05, 4.69) is 0 Å². The molecule has 0 unspecified atom stereocenters. The molecule has 2 N–H and O–H groups in total. The molecule has 1 aliphatic rings. The van der Waals surface area contributed by atoms with E-state index in [1.165, 1.54) is 4.90 Å². The number of amides is 1. The number of carbonyl (C=O) groups is 2. The normalized spacial score (nSPS) is 23.6. The second-order valence-electron chi connectivity index (χ2n) is 7.19. The van der Waals surface area contributed by atoms with E-state index in [4.69, 9.17) is 15.2 Å². The van der Waals surface area contributed by atoms with Gasteiger partial charge in [0, 0.05) is 19.1 Å². The minimum atomic E-state index is -0.564. The van der Waals surface area contributed by atoms with Gasteiger partial charge < -0.3 is 20.1 Å². The quantitative estimate of drug-likeness (QED) is 0.739. The first-order valence-electron chi connectivity index (χ1n) is 6.85. The lowest BCUT2D eigenvalue weighted by Crippen LogP contribution is -2.38. The predicted molar refractivity (Wildman–Crippen MR) is 75.1 cm³/mol. The minimum Gasteiger partial charge on any atom is -0.460 e. The van der Waals surface area contributed by atoms with Gasteiger partial charge in [0.15, 0.2) is 0 Å². The molecule has 0 aromatic heterocycles. The summed E-state index contributed by atoms with van der Waals surface area (Å²) in [5.74, 6) is -0.863. The highest BCUT2D eigenvalue weighted by molar-refractivity contribution is 5.77. The Balaban J connectivity index is 2.63. The molecule has 20 heavy (non-hydrogen) atoms. The fourth-order valence-corrected chi connectivity index (χ4v) is 1.93. The molecule has 1 aliphatic heterocycles. The predicted octanol–water partition coefficient (Wildman–Crippen LogP) is 1.52. The van der Waals surface area contributed by atoms with Crippen molar-refractivity contribution in [2.45, 2.75) is 58.8 Å². The third-order valence-corrected chi connectivity index (χ3v) is 2.73. The van der Waals surface area contributed by atoms with Crippen molar-refractivity contribution < 1.29 is 19.1 Å². The summed E-state index contributed by atoms with van der Waals surface area (Å²) >= 11 is 0. The molecule has 2 atom stereocenters. The van der Waals surface area contributed by atoms with Crippen molar-refractivity contribution in [2.24, 2.45) is 11.7 Å². The number of likely N-dealkylation sites (tertiary alicyclic amines) is 1. The summed E-state index contributed by atoms with van der Waals surface area (Å²) in [5, 5.41) is 0. The van der Waals surface area contributed by atoms with E-state index in [9.17, 15) is 9.59 Å². The van der Waals surface area contributed by atoms with E-state index in [0.29, 0.717) is 6.54 Å². The molecule has 1 amide bonds. The van der Waals surface area contributed by atoms with Crippen LogP contribution < -0.4 is 5.73 Å². The fourth-order valence-electron chi connectivity index (χ4n) is 1.93. The highest BCUT2D eigenvalue weighted by Crippen LogP contribution is 2.22. The Morgan fingerprint density at radius 2 is 1.50 bits per heavy atom. The second kappa shape index (κ2) is 5.60. The number of hydrogen-bond donors (Lipinski definition) is 1. The highest BCUT2D eigenvalue weighted by Gasteiger charge is 2.41. The number of hydrogen-bond acceptors (Lipinski definition) is 5. The van der Waals surface area contributed by atoms with Crippen LogP contribution in [0.1, 0.15) is 41.5 Å². The van der Waals surface area contributed by atoms with Crippen molar-refractivity contribution in [1.29, 1.82) is 0 Å². The fraction of sp³-hybridized carbons (Fsp3) is 0.857. The van der Waals surface area contributed by atoms with Crippen molar-refractivity contribution >= 4 is 12.1 Å². The Kier molecular flexibility index (Phi) is 4.69. The third-order valence-electron chi connectivity index (χ3n) is 2.73. The number of esters is 1. The van der Waals surface area contributed by atoms with E-state index < -0.39 is 29.3 Å². The van der Waals surface area contributed by atoms with Gasteiger partial charge in [0.2, 0.25) is 0 Å². The van der Waals surface area contributed by atoms with Crippen molar-refractivity contribution in [3.05, 3.63) is 0 Å². The molecule has 1 rings (SSSR count). The molecule has 0 aliphatic carbocycles. The Morgan fingerprint density at radius 3 is 1.95 bits per heavy atom. The summed E-state index contributed by atoms with van der Waals surface area (Å²) in [5.41, 5.74) is 4.82. The molecule has 0 aromatic carbocycles. The molecule has 0 bridgehead atoms. The summed E-state index contributed by atoms with van der Waals surface area (Å²) < 4.78 is 10.6. The average Bonchev–Trinajstić information content (AvgIpc) is 2.55. The van der Waals surface area contributed by atoms with Gasteiger partial charge in [0.25, 0.3) is 0 Å². The summed E-state index contributed by atoms with van der Waals surface area (Å²) in [6, 6.07) is -0.419. The van der Waals surface area contributed by atoms with Crippen LogP contribution in [0, 0.1) is 5.92 Å². The largest absolute Gasteiger partial charge is 0.460 e. The average molecular weight is 286 g/mol. The first-order valence-corrected chi connectivity index (χ1v) is 6.85. The van der Waals surface area contributed by atoms with Crippen molar-refractivity contribution in [3.8, 4) is 0 Å². The van der Waals surface area contributed by atoms with Crippen molar-refractivity contribution in [3.63, 3.8) is 0 Å². The van der Waals surface area contributed by atoms with Crippen LogP contribution in [0.5, 0.6) is 0 Å². The van der Waals surface area contributed by atoms with Gasteiger partial charge in [-0.2, -0.15) is 0 Å². The van der Waals surface area contributed by atoms with Crippen LogP contribution in [0.2, 0.25) is 0 Å². The van der Waals surface area contributed by atoms with E-state index in [1.807, 2.05) is 0 Å². The second-order valence-corrected chi connectivity index (χ2v) is 7.19. The molecule has 116 valence electrons. The van der Waals surface area contributed by atoms with Gasteiger partial charge in [-0.25, -0.2) is 4.79 Å². The molecule has 0 aromatic rings. The Labute approximate surface area is 120 Å². The maximum absolute atomic E-state index is 12.0. The topological polar surface area (TPSA) is 81.9 Å². The lowest BCUT2D eigenvalue weighted by atomic mass is 10.0. The lowest BCUT2D eigenvalue weighted by Gasteiger charge is -2.24. The van der Waals surface area contributed by atoms with Gasteiger partial charge in [-0.15, -0.1) is 0 Å². The van der Waals surface area contributed by atoms with E-state index >= 15 is 0 Å². The van der Waals surface area contributed by atoms with Crippen LogP contribution >= 0.6 is 0 Å². The summed E-state index contributed by atoms with van der Waals surface area (Å²) in [4.78, 5) is 25.5. The smallest absolute Gasteiger partial charge is 0.410 e. The van der Waals surface area contributed by atoms with Crippen LogP contribution in [0.25, 0.3) is 0 Å². The summed E-state index contributed by atoms with van der Waals surface area (Å²) in [6.45, 7) is 11.3. The lowest BCUT2D eigenvalue weighted by molar-refractivity contribution is -0.159. The first kappa shape index (κ1) is 16.8. The Morgan fingerprint density at radius 1 is 1.00 bits per heavy atom. The van der Waals surface area contributed by atoms with Gasteiger partial charge in [-0.1, -0.05) is 0 Å². The van der Waals surface area contributed by atoms with E-state index in [-0.39, 0.29) is 12.5 Å². The zero-order valence-electron chi connectivity index (χ0n) is 13.2.